The van der Waals surface area contributed by atoms with Crippen LogP contribution in [0.1, 0.15) is 24.5 Å². The third-order valence-electron chi connectivity index (χ3n) is 3.35. The summed E-state index contributed by atoms with van der Waals surface area (Å²) in [7, 11) is 0. The standard InChI is InChI=1S/C16H15NO3/c18-14-4-1-3-12(9-14)17-13-7-11(8-15(19)10-13)16-5-2-6-20-16/h1-6,9-11,17-18H,7-8H2/t11-/m1/s1. The van der Waals surface area contributed by atoms with Crippen LogP contribution in [0.5, 0.6) is 5.75 Å². The smallest absolute Gasteiger partial charge is 0.158 e. The molecule has 1 aliphatic carbocycles. The van der Waals surface area contributed by atoms with Crippen molar-refractivity contribution in [3.05, 3.63) is 60.2 Å². The van der Waals surface area contributed by atoms with E-state index in [1.807, 2.05) is 18.2 Å². The van der Waals surface area contributed by atoms with E-state index in [9.17, 15) is 9.90 Å². The second-order valence-corrected chi connectivity index (χ2v) is 4.93. The largest absolute Gasteiger partial charge is 0.508 e. The van der Waals surface area contributed by atoms with Gasteiger partial charge in [-0.15, -0.1) is 0 Å². The summed E-state index contributed by atoms with van der Waals surface area (Å²) < 4.78 is 5.39. The number of ketones is 1. The van der Waals surface area contributed by atoms with E-state index in [0.717, 1.165) is 23.6 Å². The molecular formula is C16H15NO3. The Labute approximate surface area is 116 Å². The number of allylic oxidation sites excluding steroid dienone is 2. The predicted molar refractivity (Wildman–Crippen MR) is 75.5 cm³/mol. The summed E-state index contributed by atoms with van der Waals surface area (Å²) >= 11 is 0. The second-order valence-electron chi connectivity index (χ2n) is 4.93. The molecule has 0 saturated carbocycles. The first kappa shape index (κ1) is 12.5. The zero-order valence-corrected chi connectivity index (χ0v) is 10.9. The maximum absolute atomic E-state index is 11.8. The van der Waals surface area contributed by atoms with E-state index in [-0.39, 0.29) is 17.5 Å². The quantitative estimate of drug-likeness (QED) is 0.896. The van der Waals surface area contributed by atoms with Crippen LogP contribution in [0.2, 0.25) is 0 Å². The minimum atomic E-state index is 0.0716. The van der Waals surface area contributed by atoms with Gasteiger partial charge in [0.15, 0.2) is 5.78 Å². The highest BCUT2D eigenvalue weighted by molar-refractivity contribution is 5.92. The van der Waals surface area contributed by atoms with Crippen molar-refractivity contribution in [3.63, 3.8) is 0 Å². The molecule has 0 spiro atoms. The number of nitrogens with one attached hydrogen (secondary N) is 1. The van der Waals surface area contributed by atoms with Gasteiger partial charge in [-0.2, -0.15) is 0 Å². The SMILES string of the molecule is O=C1C=C(Nc2cccc(O)c2)C[C@@H](c2ccco2)C1. The van der Waals surface area contributed by atoms with Crippen molar-refractivity contribution in [1.29, 1.82) is 0 Å². The van der Waals surface area contributed by atoms with Gasteiger partial charge in [-0.3, -0.25) is 4.79 Å². The van der Waals surface area contributed by atoms with Crippen LogP contribution in [0.3, 0.4) is 0 Å². The van der Waals surface area contributed by atoms with E-state index in [1.54, 1.807) is 30.5 Å². The third-order valence-corrected chi connectivity index (χ3v) is 3.35. The van der Waals surface area contributed by atoms with Gasteiger partial charge in [0.1, 0.15) is 11.5 Å². The molecule has 0 radical (unpaired) electrons. The first-order chi connectivity index (χ1) is 9.70. The Bertz CT molecular complexity index is 644. The molecule has 2 aromatic rings. The maximum Gasteiger partial charge on any atom is 0.158 e. The minimum Gasteiger partial charge on any atom is -0.508 e. The molecule has 4 nitrogen and oxygen atoms in total. The minimum absolute atomic E-state index is 0.0716. The number of phenols is 1. The fourth-order valence-corrected chi connectivity index (χ4v) is 2.47. The van der Waals surface area contributed by atoms with E-state index >= 15 is 0 Å². The monoisotopic (exact) mass is 269 g/mol. The lowest BCUT2D eigenvalue weighted by molar-refractivity contribution is -0.115. The van der Waals surface area contributed by atoms with E-state index < -0.39 is 0 Å². The number of hydrogen-bond donors (Lipinski definition) is 2. The van der Waals surface area contributed by atoms with E-state index in [1.165, 1.54) is 0 Å². The number of carbonyl (C=O) groups is 1. The normalized spacial score (nSPS) is 18.7. The first-order valence-corrected chi connectivity index (χ1v) is 6.53. The van der Waals surface area contributed by atoms with Crippen molar-refractivity contribution in [2.24, 2.45) is 0 Å². The molecule has 1 heterocycles. The van der Waals surface area contributed by atoms with Crippen LogP contribution in [0.25, 0.3) is 0 Å². The van der Waals surface area contributed by atoms with Gasteiger partial charge in [-0.1, -0.05) is 6.07 Å². The molecule has 1 aliphatic rings. The molecule has 0 amide bonds. The van der Waals surface area contributed by atoms with Gasteiger partial charge in [0.2, 0.25) is 0 Å². The summed E-state index contributed by atoms with van der Waals surface area (Å²) in [6.45, 7) is 0. The van der Waals surface area contributed by atoms with E-state index in [2.05, 4.69) is 5.32 Å². The van der Waals surface area contributed by atoms with Crippen molar-refractivity contribution in [3.8, 4) is 5.75 Å². The summed E-state index contributed by atoms with van der Waals surface area (Å²) in [5.74, 6) is 1.18. The van der Waals surface area contributed by atoms with Crippen LogP contribution in [0.4, 0.5) is 5.69 Å². The zero-order valence-electron chi connectivity index (χ0n) is 10.9. The first-order valence-electron chi connectivity index (χ1n) is 6.53. The molecule has 1 aromatic heterocycles. The molecule has 0 saturated heterocycles. The van der Waals surface area contributed by atoms with Gasteiger partial charge < -0.3 is 14.8 Å². The molecule has 0 unspecified atom stereocenters. The summed E-state index contributed by atoms with van der Waals surface area (Å²) in [4.78, 5) is 11.8. The second kappa shape index (κ2) is 5.25. The van der Waals surface area contributed by atoms with Gasteiger partial charge in [0.25, 0.3) is 0 Å². The topological polar surface area (TPSA) is 62.5 Å². The highest BCUT2D eigenvalue weighted by atomic mass is 16.3. The number of rotatable bonds is 3. The van der Waals surface area contributed by atoms with Crippen LogP contribution >= 0.6 is 0 Å². The number of anilines is 1. The fraction of sp³-hybridized carbons (Fsp3) is 0.188. The summed E-state index contributed by atoms with van der Waals surface area (Å²) in [5.41, 5.74) is 1.61. The van der Waals surface area contributed by atoms with Gasteiger partial charge in [0, 0.05) is 35.9 Å². The molecule has 1 atom stereocenters. The highest BCUT2D eigenvalue weighted by Crippen LogP contribution is 2.32. The van der Waals surface area contributed by atoms with Gasteiger partial charge in [-0.05, 0) is 30.7 Å². The average Bonchev–Trinajstić information content (AvgIpc) is 2.91. The number of benzene rings is 1. The van der Waals surface area contributed by atoms with E-state index in [4.69, 9.17) is 4.42 Å². The molecule has 4 heteroatoms. The molecular weight excluding hydrogens is 254 g/mol. The Balaban J connectivity index is 1.78. The lowest BCUT2D eigenvalue weighted by atomic mass is 9.89. The van der Waals surface area contributed by atoms with Gasteiger partial charge in [0.05, 0.1) is 6.26 Å². The molecule has 20 heavy (non-hydrogen) atoms. The molecule has 2 N–H and O–H groups in total. The predicted octanol–water partition coefficient (Wildman–Crippen LogP) is 3.43. The lowest BCUT2D eigenvalue weighted by Crippen LogP contribution is -2.16. The Morgan fingerprint density at radius 1 is 1.20 bits per heavy atom. The summed E-state index contributed by atoms with van der Waals surface area (Å²) in [6.07, 6.45) is 4.44. The lowest BCUT2D eigenvalue weighted by Gasteiger charge is -2.21. The van der Waals surface area contributed by atoms with E-state index in [0.29, 0.717) is 6.42 Å². The molecule has 0 aliphatic heterocycles. The summed E-state index contributed by atoms with van der Waals surface area (Å²) in [5, 5.41) is 12.6. The molecule has 3 rings (SSSR count). The van der Waals surface area contributed by atoms with Crippen molar-refractivity contribution < 1.29 is 14.3 Å². The van der Waals surface area contributed by atoms with Crippen LogP contribution in [-0.2, 0) is 4.79 Å². The van der Waals surface area contributed by atoms with Gasteiger partial charge >= 0.3 is 0 Å². The molecule has 0 bridgehead atoms. The van der Waals surface area contributed by atoms with Crippen LogP contribution in [-0.4, -0.2) is 10.9 Å². The number of hydrogen-bond acceptors (Lipinski definition) is 4. The van der Waals surface area contributed by atoms with Crippen LogP contribution < -0.4 is 5.32 Å². The van der Waals surface area contributed by atoms with Gasteiger partial charge in [-0.25, -0.2) is 0 Å². The molecule has 102 valence electrons. The van der Waals surface area contributed by atoms with Crippen LogP contribution in [0.15, 0.2) is 58.9 Å². The number of aromatic hydroxyl groups is 1. The van der Waals surface area contributed by atoms with Crippen molar-refractivity contribution >= 4 is 11.5 Å². The molecule has 1 aromatic carbocycles. The zero-order chi connectivity index (χ0) is 13.9. The van der Waals surface area contributed by atoms with Crippen molar-refractivity contribution in [1.82, 2.24) is 0 Å². The van der Waals surface area contributed by atoms with Crippen molar-refractivity contribution in [2.75, 3.05) is 5.32 Å². The maximum atomic E-state index is 11.8. The van der Waals surface area contributed by atoms with Crippen molar-refractivity contribution in [2.45, 2.75) is 18.8 Å². The summed E-state index contributed by atoms with van der Waals surface area (Å²) in [6, 6.07) is 10.6. The average molecular weight is 269 g/mol. The number of carbonyl (C=O) groups excluding carboxylic acids is 1. The number of furan rings is 1. The Kier molecular flexibility index (Phi) is 3.29. The third kappa shape index (κ3) is 2.74. The Morgan fingerprint density at radius 2 is 2.10 bits per heavy atom. The van der Waals surface area contributed by atoms with Crippen LogP contribution in [0, 0.1) is 0 Å². The fourth-order valence-electron chi connectivity index (χ4n) is 2.47. The number of phenolic OH excluding ortho intramolecular Hbond substituents is 1. The molecule has 0 fully saturated rings. The highest BCUT2D eigenvalue weighted by Gasteiger charge is 2.24. The Morgan fingerprint density at radius 3 is 2.85 bits per heavy atom. The Hall–Kier alpha value is -2.49.